The van der Waals surface area contributed by atoms with Gasteiger partial charge >= 0.3 is 0 Å². The van der Waals surface area contributed by atoms with E-state index < -0.39 is 0 Å². The molecule has 2 aromatic heterocycles. The first-order valence-electron chi connectivity index (χ1n) is 7.36. The minimum absolute atomic E-state index is 0.0786. The van der Waals surface area contributed by atoms with Crippen LogP contribution in [0, 0.1) is 0 Å². The maximum atomic E-state index is 12.4. The zero-order valence-corrected chi connectivity index (χ0v) is 12.1. The van der Waals surface area contributed by atoms with Gasteiger partial charge in [0, 0.05) is 11.7 Å². The van der Waals surface area contributed by atoms with Crippen molar-refractivity contribution in [1.82, 2.24) is 9.97 Å². The molecule has 0 spiro atoms. The lowest BCUT2D eigenvalue weighted by Crippen LogP contribution is -2.10. The van der Waals surface area contributed by atoms with Crippen LogP contribution in [-0.4, -0.2) is 9.97 Å². The number of hydrogen-bond acceptors (Lipinski definition) is 2. The highest BCUT2D eigenvalue weighted by molar-refractivity contribution is 5.83. The van der Waals surface area contributed by atoms with E-state index in [1.54, 1.807) is 6.20 Å². The van der Waals surface area contributed by atoms with Crippen molar-refractivity contribution >= 4 is 10.9 Å². The van der Waals surface area contributed by atoms with Crippen LogP contribution in [-0.2, 0) is 6.42 Å². The average molecular weight is 278 g/mol. The van der Waals surface area contributed by atoms with Gasteiger partial charge < -0.3 is 4.98 Å². The molecule has 1 aromatic carbocycles. The number of aromatic amines is 1. The molecule has 0 aliphatic carbocycles. The van der Waals surface area contributed by atoms with Crippen molar-refractivity contribution < 1.29 is 0 Å². The van der Waals surface area contributed by atoms with Crippen molar-refractivity contribution in [3.8, 4) is 11.3 Å². The number of nitrogens with zero attached hydrogens (tertiary/aromatic N) is 1. The number of aryl methyl sites for hydroxylation is 1. The van der Waals surface area contributed by atoms with Crippen LogP contribution in [0.25, 0.3) is 22.2 Å². The Hall–Kier alpha value is -2.42. The lowest BCUT2D eigenvalue weighted by molar-refractivity contribution is 0.793. The van der Waals surface area contributed by atoms with Gasteiger partial charge in [-0.05, 0) is 42.0 Å². The SMILES string of the molecule is CCCCc1cccnc1-c1cc2ccccc2[nH]c1=O. The van der Waals surface area contributed by atoms with Crippen molar-refractivity contribution in [3.05, 3.63) is 64.6 Å². The van der Waals surface area contributed by atoms with Crippen LogP contribution in [0.1, 0.15) is 25.3 Å². The minimum atomic E-state index is -0.0786. The molecule has 2 heterocycles. The van der Waals surface area contributed by atoms with E-state index in [1.807, 2.05) is 36.4 Å². The van der Waals surface area contributed by atoms with Gasteiger partial charge in [0.1, 0.15) is 0 Å². The lowest BCUT2D eigenvalue weighted by Gasteiger charge is -2.08. The first-order chi connectivity index (χ1) is 10.3. The summed E-state index contributed by atoms with van der Waals surface area (Å²) in [7, 11) is 0. The fraction of sp³-hybridized carbons (Fsp3) is 0.222. The van der Waals surface area contributed by atoms with Gasteiger partial charge in [-0.15, -0.1) is 0 Å². The van der Waals surface area contributed by atoms with Crippen molar-refractivity contribution in [2.24, 2.45) is 0 Å². The summed E-state index contributed by atoms with van der Waals surface area (Å²) in [5, 5.41) is 1.03. The second-order valence-electron chi connectivity index (χ2n) is 5.21. The van der Waals surface area contributed by atoms with Gasteiger partial charge in [-0.3, -0.25) is 9.78 Å². The average Bonchev–Trinajstić information content (AvgIpc) is 2.52. The fourth-order valence-electron chi connectivity index (χ4n) is 2.57. The number of aromatic nitrogens is 2. The summed E-state index contributed by atoms with van der Waals surface area (Å²) >= 11 is 0. The summed E-state index contributed by atoms with van der Waals surface area (Å²) in [6.07, 6.45) is 4.93. The normalized spacial score (nSPS) is 10.9. The monoisotopic (exact) mass is 278 g/mol. The van der Waals surface area contributed by atoms with Crippen LogP contribution >= 0.6 is 0 Å². The third kappa shape index (κ3) is 2.72. The molecule has 3 rings (SSSR count). The van der Waals surface area contributed by atoms with Gasteiger partial charge in [0.05, 0.1) is 11.3 Å². The number of H-pyrrole nitrogens is 1. The first-order valence-corrected chi connectivity index (χ1v) is 7.36. The van der Waals surface area contributed by atoms with Crippen molar-refractivity contribution in [2.45, 2.75) is 26.2 Å². The highest BCUT2D eigenvalue weighted by Crippen LogP contribution is 2.22. The van der Waals surface area contributed by atoms with E-state index in [4.69, 9.17) is 0 Å². The Morgan fingerprint density at radius 2 is 2.00 bits per heavy atom. The van der Waals surface area contributed by atoms with Crippen molar-refractivity contribution in [3.63, 3.8) is 0 Å². The molecule has 0 aliphatic rings. The number of nitrogens with one attached hydrogen (secondary N) is 1. The van der Waals surface area contributed by atoms with Crippen LogP contribution < -0.4 is 5.56 Å². The van der Waals surface area contributed by atoms with Crippen LogP contribution in [0.15, 0.2) is 53.5 Å². The smallest absolute Gasteiger partial charge is 0.257 e. The van der Waals surface area contributed by atoms with Gasteiger partial charge in [-0.1, -0.05) is 37.6 Å². The molecule has 0 unspecified atom stereocenters. The molecule has 0 aliphatic heterocycles. The Morgan fingerprint density at radius 1 is 1.14 bits per heavy atom. The van der Waals surface area contributed by atoms with E-state index in [-0.39, 0.29) is 5.56 Å². The Labute approximate surface area is 123 Å². The van der Waals surface area contributed by atoms with Crippen molar-refractivity contribution in [1.29, 1.82) is 0 Å². The second-order valence-corrected chi connectivity index (χ2v) is 5.21. The number of para-hydroxylation sites is 1. The van der Waals surface area contributed by atoms with Crippen molar-refractivity contribution in [2.75, 3.05) is 0 Å². The summed E-state index contributed by atoms with van der Waals surface area (Å²) in [5.41, 5.74) is 3.38. The Bertz CT molecular complexity index is 821. The zero-order chi connectivity index (χ0) is 14.7. The first kappa shape index (κ1) is 13.6. The summed E-state index contributed by atoms with van der Waals surface area (Å²) in [4.78, 5) is 19.8. The molecule has 0 saturated heterocycles. The third-order valence-electron chi connectivity index (χ3n) is 3.70. The molecule has 0 saturated carbocycles. The van der Waals surface area contributed by atoms with Crippen LogP contribution in [0.2, 0.25) is 0 Å². The Morgan fingerprint density at radius 3 is 2.86 bits per heavy atom. The van der Waals surface area contributed by atoms with Gasteiger partial charge in [0.15, 0.2) is 0 Å². The molecule has 0 radical (unpaired) electrons. The maximum Gasteiger partial charge on any atom is 0.257 e. The van der Waals surface area contributed by atoms with Gasteiger partial charge in [-0.2, -0.15) is 0 Å². The van der Waals surface area contributed by atoms with Crippen LogP contribution in [0.4, 0.5) is 0 Å². The zero-order valence-electron chi connectivity index (χ0n) is 12.1. The summed E-state index contributed by atoms with van der Waals surface area (Å²) < 4.78 is 0. The predicted molar refractivity (Wildman–Crippen MR) is 86.4 cm³/mol. The Kier molecular flexibility index (Phi) is 3.82. The van der Waals surface area contributed by atoms with Crippen LogP contribution in [0.3, 0.4) is 0 Å². The number of hydrogen-bond donors (Lipinski definition) is 1. The van der Waals surface area contributed by atoms with Gasteiger partial charge in [0.2, 0.25) is 0 Å². The predicted octanol–water partition coefficient (Wildman–Crippen LogP) is 3.93. The summed E-state index contributed by atoms with van der Waals surface area (Å²) in [5.74, 6) is 0. The Balaban J connectivity index is 2.16. The maximum absolute atomic E-state index is 12.4. The second kappa shape index (κ2) is 5.92. The van der Waals surface area contributed by atoms with Gasteiger partial charge in [0.25, 0.3) is 5.56 Å². The number of fused-ring (bicyclic) bond motifs is 1. The molecule has 3 aromatic rings. The van der Waals surface area contributed by atoms with E-state index in [0.29, 0.717) is 5.56 Å². The largest absolute Gasteiger partial charge is 0.321 e. The quantitative estimate of drug-likeness (QED) is 0.786. The summed E-state index contributed by atoms with van der Waals surface area (Å²) in [6, 6.07) is 13.7. The molecule has 1 N–H and O–H groups in total. The van der Waals surface area contributed by atoms with Crippen LogP contribution in [0.5, 0.6) is 0 Å². The number of pyridine rings is 2. The molecule has 106 valence electrons. The van der Waals surface area contributed by atoms with E-state index in [2.05, 4.69) is 23.0 Å². The minimum Gasteiger partial charge on any atom is -0.321 e. The highest BCUT2D eigenvalue weighted by Gasteiger charge is 2.11. The summed E-state index contributed by atoms with van der Waals surface area (Å²) in [6.45, 7) is 2.17. The van der Waals surface area contributed by atoms with Gasteiger partial charge in [-0.25, -0.2) is 0 Å². The lowest BCUT2D eigenvalue weighted by atomic mass is 10.0. The number of rotatable bonds is 4. The molecule has 0 amide bonds. The number of unbranched alkanes of at least 4 members (excludes halogenated alkanes) is 1. The molecule has 0 bridgehead atoms. The highest BCUT2D eigenvalue weighted by atomic mass is 16.1. The molecule has 21 heavy (non-hydrogen) atoms. The molecule has 3 nitrogen and oxygen atoms in total. The third-order valence-corrected chi connectivity index (χ3v) is 3.70. The standard InChI is InChI=1S/C18H18N2O/c1-2-3-7-13-9-6-11-19-17(13)15-12-14-8-4-5-10-16(14)20-18(15)21/h4-6,8-12H,2-3,7H2,1H3,(H,20,21). The molecule has 0 fully saturated rings. The van der Waals surface area contributed by atoms with E-state index in [1.165, 1.54) is 0 Å². The fourth-order valence-corrected chi connectivity index (χ4v) is 2.57. The van der Waals surface area contributed by atoms with E-state index >= 15 is 0 Å². The topological polar surface area (TPSA) is 45.8 Å². The number of benzene rings is 1. The molecule has 0 atom stereocenters. The molecular weight excluding hydrogens is 260 g/mol. The van der Waals surface area contributed by atoms with E-state index in [0.717, 1.165) is 41.4 Å². The van der Waals surface area contributed by atoms with E-state index in [9.17, 15) is 4.79 Å². The molecular formula is C18H18N2O. The molecule has 3 heteroatoms.